The topological polar surface area (TPSA) is 4.93 Å². The van der Waals surface area contributed by atoms with Crippen LogP contribution < -0.4 is 0 Å². The Morgan fingerprint density at radius 3 is 2.94 bits per heavy atom. The Morgan fingerprint density at radius 1 is 1.18 bits per heavy atom. The molecule has 0 aliphatic heterocycles. The van der Waals surface area contributed by atoms with Crippen molar-refractivity contribution in [1.29, 1.82) is 0 Å². The van der Waals surface area contributed by atoms with Gasteiger partial charge in [0.15, 0.2) is 0 Å². The maximum atomic E-state index is 13.5. The molecule has 0 unspecified atom stereocenters. The van der Waals surface area contributed by atoms with Gasteiger partial charge in [-0.3, -0.25) is 0 Å². The van der Waals surface area contributed by atoms with Crippen molar-refractivity contribution in [1.82, 2.24) is 4.57 Å². The van der Waals surface area contributed by atoms with Gasteiger partial charge in [0.1, 0.15) is 5.82 Å². The molecule has 0 aliphatic carbocycles. The van der Waals surface area contributed by atoms with Crippen LogP contribution in [0.4, 0.5) is 4.39 Å². The first-order valence-corrected chi connectivity index (χ1v) is 6.53. The van der Waals surface area contributed by atoms with E-state index in [4.69, 9.17) is 0 Å². The van der Waals surface area contributed by atoms with E-state index in [1.165, 1.54) is 11.6 Å². The van der Waals surface area contributed by atoms with Crippen LogP contribution in [0.1, 0.15) is 5.56 Å². The molecule has 3 heteroatoms. The van der Waals surface area contributed by atoms with Crippen LogP contribution in [0.25, 0.3) is 10.9 Å². The van der Waals surface area contributed by atoms with Gasteiger partial charge in [0, 0.05) is 18.1 Å². The summed E-state index contributed by atoms with van der Waals surface area (Å²) >= 11 is 1.71. The summed E-state index contributed by atoms with van der Waals surface area (Å²) in [7, 11) is 0. The van der Waals surface area contributed by atoms with Gasteiger partial charge in [-0.1, -0.05) is 6.07 Å². The van der Waals surface area contributed by atoms with Gasteiger partial charge in [-0.05, 0) is 47.0 Å². The van der Waals surface area contributed by atoms with Crippen LogP contribution in [0.2, 0.25) is 0 Å². The number of benzene rings is 1. The number of aromatic nitrogens is 1. The Labute approximate surface area is 103 Å². The number of halogens is 1. The molecular weight excluding hydrogens is 233 g/mol. The number of thiophene rings is 1. The van der Waals surface area contributed by atoms with E-state index in [1.54, 1.807) is 17.4 Å². The highest BCUT2D eigenvalue weighted by Crippen LogP contribution is 2.19. The minimum Gasteiger partial charge on any atom is -0.347 e. The molecule has 0 saturated carbocycles. The van der Waals surface area contributed by atoms with E-state index in [0.29, 0.717) is 5.39 Å². The second-order valence-electron chi connectivity index (χ2n) is 4.06. The Morgan fingerprint density at radius 2 is 2.12 bits per heavy atom. The maximum Gasteiger partial charge on any atom is 0.132 e. The van der Waals surface area contributed by atoms with E-state index in [-0.39, 0.29) is 5.82 Å². The Bertz CT molecular complexity index is 625. The second kappa shape index (κ2) is 4.34. The Kier molecular flexibility index (Phi) is 2.69. The Hall–Kier alpha value is -1.61. The first-order chi connectivity index (χ1) is 8.34. The van der Waals surface area contributed by atoms with Crippen LogP contribution in [-0.2, 0) is 13.0 Å². The lowest BCUT2D eigenvalue weighted by Crippen LogP contribution is -1.98. The summed E-state index contributed by atoms with van der Waals surface area (Å²) in [6.45, 7) is 0.893. The third kappa shape index (κ3) is 1.98. The van der Waals surface area contributed by atoms with Crippen molar-refractivity contribution in [2.75, 3.05) is 0 Å². The number of hydrogen-bond acceptors (Lipinski definition) is 1. The van der Waals surface area contributed by atoms with E-state index in [2.05, 4.69) is 21.4 Å². The van der Waals surface area contributed by atoms with Gasteiger partial charge >= 0.3 is 0 Å². The van der Waals surface area contributed by atoms with E-state index >= 15 is 0 Å². The van der Waals surface area contributed by atoms with Gasteiger partial charge in [0.25, 0.3) is 0 Å². The summed E-state index contributed by atoms with van der Waals surface area (Å²) in [5.74, 6) is -0.142. The lowest BCUT2D eigenvalue weighted by atomic mass is 10.2. The van der Waals surface area contributed by atoms with Crippen LogP contribution >= 0.6 is 11.3 Å². The summed E-state index contributed by atoms with van der Waals surface area (Å²) in [5.41, 5.74) is 2.31. The predicted molar refractivity (Wildman–Crippen MR) is 69.9 cm³/mol. The van der Waals surface area contributed by atoms with Crippen molar-refractivity contribution in [2.45, 2.75) is 13.0 Å². The van der Waals surface area contributed by atoms with Crippen molar-refractivity contribution >= 4 is 22.2 Å². The molecular formula is C14H12FNS. The summed E-state index contributed by atoms with van der Waals surface area (Å²) in [5, 5.41) is 4.95. The number of nitrogens with zero attached hydrogens (tertiary/aromatic N) is 1. The van der Waals surface area contributed by atoms with Gasteiger partial charge in [-0.15, -0.1) is 0 Å². The molecule has 0 amide bonds. The molecule has 1 nitrogen and oxygen atoms in total. The van der Waals surface area contributed by atoms with E-state index < -0.39 is 0 Å². The number of aryl methyl sites for hydroxylation is 2. The molecule has 3 aromatic rings. The van der Waals surface area contributed by atoms with Gasteiger partial charge in [0.05, 0.1) is 5.52 Å². The van der Waals surface area contributed by atoms with Crippen LogP contribution in [0, 0.1) is 5.82 Å². The van der Waals surface area contributed by atoms with Crippen molar-refractivity contribution in [3.63, 3.8) is 0 Å². The molecule has 0 saturated heterocycles. The van der Waals surface area contributed by atoms with Gasteiger partial charge in [-0.2, -0.15) is 11.3 Å². The fraction of sp³-hybridized carbons (Fsp3) is 0.143. The average molecular weight is 245 g/mol. The summed E-state index contributed by atoms with van der Waals surface area (Å²) in [6, 6.07) is 9.21. The average Bonchev–Trinajstić information content (AvgIpc) is 2.95. The zero-order chi connectivity index (χ0) is 11.7. The first-order valence-electron chi connectivity index (χ1n) is 5.59. The van der Waals surface area contributed by atoms with Gasteiger partial charge < -0.3 is 4.57 Å². The number of fused-ring (bicyclic) bond motifs is 1. The van der Waals surface area contributed by atoms with E-state index in [1.807, 2.05) is 18.3 Å². The largest absolute Gasteiger partial charge is 0.347 e. The molecule has 86 valence electrons. The molecule has 3 rings (SSSR count). The summed E-state index contributed by atoms with van der Waals surface area (Å²) < 4.78 is 15.6. The monoisotopic (exact) mass is 245 g/mol. The lowest BCUT2D eigenvalue weighted by molar-refractivity contribution is 0.639. The van der Waals surface area contributed by atoms with Crippen molar-refractivity contribution in [3.8, 4) is 0 Å². The molecule has 17 heavy (non-hydrogen) atoms. The molecule has 1 aromatic carbocycles. The van der Waals surface area contributed by atoms with Crippen molar-refractivity contribution < 1.29 is 4.39 Å². The third-order valence-electron chi connectivity index (χ3n) is 2.98. The van der Waals surface area contributed by atoms with Gasteiger partial charge in [0.2, 0.25) is 0 Å². The zero-order valence-electron chi connectivity index (χ0n) is 9.27. The van der Waals surface area contributed by atoms with Gasteiger partial charge in [-0.25, -0.2) is 4.39 Å². The minimum atomic E-state index is -0.142. The normalized spacial score (nSPS) is 11.1. The minimum absolute atomic E-state index is 0.142. The fourth-order valence-corrected chi connectivity index (χ4v) is 2.77. The summed E-state index contributed by atoms with van der Waals surface area (Å²) in [6.07, 6.45) is 2.95. The van der Waals surface area contributed by atoms with Crippen molar-refractivity contribution in [2.24, 2.45) is 0 Å². The molecule has 0 spiro atoms. The molecule has 2 aromatic heterocycles. The molecule has 0 N–H and O–H groups in total. The zero-order valence-corrected chi connectivity index (χ0v) is 10.1. The standard InChI is InChI=1S/C14H12FNS/c15-13-2-1-3-14-12(13)5-8-16(14)7-4-11-6-9-17-10-11/h1-3,5-6,8-10H,4,7H2. The molecule has 0 radical (unpaired) electrons. The first kappa shape index (κ1) is 10.5. The van der Waals surface area contributed by atoms with Crippen LogP contribution in [0.3, 0.4) is 0 Å². The quantitative estimate of drug-likeness (QED) is 0.655. The molecule has 0 bridgehead atoms. The van der Waals surface area contributed by atoms with E-state index in [9.17, 15) is 4.39 Å². The predicted octanol–water partition coefficient (Wildman–Crippen LogP) is 4.08. The maximum absolute atomic E-state index is 13.5. The lowest BCUT2D eigenvalue weighted by Gasteiger charge is -2.04. The smallest absolute Gasteiger partial charge is 0.132 e. The molecule has 0 fully saturated rings. The molecule has 0 aliphatic rings. The highest BCUT2D eigenvalue weighted by atomic mass is 32.1. The molecule has 2 heterocycles. The van der Waals surface area contributed by atoms with Crippen LogP contribution in [-0.4, -0.2) is 4.57 Å². The molecule has 0 atom stereocenters. The highest BCUT2D eigenvalue weighted by molar-refractivity contribution is 7.07. The third-order valence-corrected chi connectivity index (χ3v) is 3.71. The SMILES string of the molecule is Fc1cccc2c1ccn2CCc1ccsc1. The Balaban J connectivity index is 1.88. The van der Waals surface area contributed by atoms with Crippen LogP contribution in [0.5, 0.6) is 0 Å². The second-order valence-corrected chi connectivity index (χ2v) is 4.84. The number of rotatable bonds is 3. The summed E-state index contributed by atoms with van der Waals surface area (Å²) in [4.78, 5) is 0. The van der Waals surface area contributed by atoms with Crippen LogP contribution in [0.15, 0.2) is 47.3 Å². The fourth-order valence-electron chi connectivity index (χ4n) is 2.07. The highest BCUT2D eigenvalue weighted by Gasteiger charge is 2.04. The number of hydrogen-bond donors (Lipinski definition) is 0. The van der Waals surface area contributed by atoms with E-state index in [0.717, 1.165) is 18.5 Å². The van der Waals surface area contributed by atoms with Crippen molar-refractivity contribution in [3.05, 3.63) is 58.7 Å².